The lowest BCUT2D eigenvalue weighted by molar-refractivity contribution is 0.0933. The van der Waals surface area contributed by atoms with Crippen LogP contribution in [0.5, 0.6) is 0 Å². The minimum Gasteiger partial charge on any atom is -0.393 e. The predicted octanol–water partition coefficient (Wildman–Crippen LogP) is 2.41. The van der Waals surface area contributed by atoms with E-state index in [4.69, 9.17) is 0 Å². The van der Waals surface area contributed by atoms with E-state index in [1.807, 2.05) is 6.08 Å². The van der Waals surface area contributed by atoms with Crippen LogP contribution in [-0.2, 0) is 0 Å². The van der Waals surface area contributed by atoms with Crippen molar-refractivity contribution in [2.45, 2.75) is 37.9 Å². The van der Waals surface area contributed by atoms with Crippen LogP contribution in [0.3, 0.4) is 0 Å². The van der Waals surface area contributed by atoms with E-state index in [9.17, 15) is 10.2 Å². The normalized spacial score (nSPS) is 14.8. The van der Waals surface area contributed by atoms with Crippen molar-refractivity contribution in [3.8, 4) is 0 Å². The third-order valence-electron chi connectivity index (χ3n) is 1.95. The first-order valence-corrected chi connectivity index (χ1v) is 5.92. The minimum absolute atomic E-state index is 0.401. The molecule has 2 nitrogen and oxygen atoms in total. The molecule has 0 spiro atoms. The second-order valence-electron chi connectivity index (χ2n) is 3.48. The average Bonchev–Trinajstić information content (AvgIpc) is 2.14. The molecule has 2 N–H and O–H groups in total. The Morgan fingerprint density at radius 3 is 2.50 bits per heavy atom. The summed E-state index contributed by atoms with van der Waals surface area (Å²) in [6, 6.07) is 0. The summed E-state index contributed by atoms with van der Waals surface area (Å²) < 4.78 is 0. The van der Waals surface area contributed by atoms with Gasteiger partial charge in [0.1, 0.15) is 0 Å². The highest BCUT2D eigenvalue weighted by atomic mass is 79.9. The van der Waals surface area contributed by atoms with Gasteiger partial charge in [-0.05, 0) is 19.3 Å². The van der Waals surface area contributed by atoms with Crippen LogP contribution in [0.25, 0.3) is 0 Å². The molecule has 0 rings (SSSR count). The third kappa shape index (κ3) is 7.30. The molecule has 0 aliphatic heterocycles. The molecule has 14 heavy (non-hydrogen) atoms. The summed E-state index contributed by atoms with van der Waals surface area (Å²) in [7, 11) is 0. The van der Waals surface area contributed by atoms with Crippen LogP contribution in [-0.4, -0.2) is 27.8 Å². The summed E-state index contributed by atoms with van der Waals surface area (Å²) in [5.74, 6) is 0. The topological polar surface area (TPSA) is 40.5 Å². The molecular weight excluding hydrogens is 244 g/mol. The second kappa shape index (κ2) is 8.21. The van der Waals surface area contributed by atoms with Gasteiger partial charge in [0.25, 0.3) is 0 Å². The molecule has 0 aliphatic carbocycles. The van der Waals surface area contributed by atoms with E-state index in [0.29, 0.717) is 18.2 Å². The maximum atomic E-state index is 9.55. The van der Waals surface area contributed by atoms with E-state index in [1.165, 1.54) is 0 Å². The van der Waals surface area contributed by atoms with E-state index in [1.54, 1.807) is 0 Å². The molecule has 0 radical (unpaired) electrons. The van der Waals surface area contributed by atoms with Gasteiger partial charge in [0.2, 0.25) is 0 Å². The number of rotatable bonds is 8. The molecule has 0 aliphatic rings. The molecule has 0 fully saturated rings. The van der Waals surface area contributed by atoms with Crippen molar-refractivity contribution >= 4 is 15.9 Å². The van der Waals surface area contributed by atoms with E-state index in [-0.39, 0.29) is 0 Å². The lowest BCUT2D eigenvalue weighted by Gasteiger charge is -2.14. The van der Waals surface area contributed by atoms with Crippen LogP contribution in [0.4, 0.5) is 0 Å². The second-order valence-corrected chi connectivity index (χ2v) is 4.13. The van der Waals surface area contributed by atoms with Crippen LogP contribution in [0.1, 0.15) is 25.7 Å². The fourth-order valence-electron chi connectivity index (χ4n) is 1.20. The molecular formula is C11H19BrO2. The van der Waals surface area contributed by atoms with Crippen LogP contribution < -0.4 is 0 Å². The van der Waals surface area contributed by atoms with Crippen molar-refractivity contribution in [3.63, 3.8) is 0 Å². The smallest absolute Gasteiger partial charge is 0.0661 e. The Morgan fingerprint density at radius 1 is 1.36 bits per heavy atom. The number of aliphatic hydroxyl groups excluding tert-OH is 2. The number of alkyl halides is 1. The Bertz CT molecular complexity index is 180. The van der Waals surface area contributed by atoms with E-state index in [2.05, 4.69) is 29.1 Å². The first-order valence-electron chi connectivity index (χ1n) is 4.79. The lowest BCUT2D eigenvalue weighted by Crippen LogP contribution is -2.19. The summed E-state index contributed by atoms with van der Waals surface area (Å²) >= 11 is 3.15. The number of hydrogen-bond donors (Lipinski definition) is 2. The third-order valence-corrected chi connectivity index (χ3v) is 2.70. The van der Waals surface area contributed by atoms with E-state index >= 15 is 0 Å². The van der Waals surface area contributed by atoms with Gasteiger partial charge < -0.3 is 10.2 Å². The molecule has 2 atom stereocenters. The van der Waals surface area contributed by atoms with Crippen molar-refractivity contribution < 1.29 is 10.2 Å². The SMILES string of the molecule is C=CCCC(=C)C[C@H](O)C[C@@H](O)CBr. The first kappa shape index (κ1) is 13.9. The van der Waals surface area contributed by atoms with Gasteiger partial charge in [-0.25, -0.2) is 0 Å². The van der Waals surface area contributed by atoms with Crippen molar-refractivity contribution in [1.29, 1.82) is 0 Å². The highest BCUT2D eigenvalue weighted by Gasteiger charge is 2.11. The van der Waals surface area contributed by atoms with Gasteiger partial charge in [-0.3, -0.25) is 0 Å². The molecule has 0 saturated heterocycles. The van der Waals surface area contributed by atoms with Gasteiger partial charge in [-0.2, -0.15) is 0 Å². The largest absolute Gasteiger partial charge is 0.393 e. The summed E-state index contributed by atoms with van der Waals surface area (Å²) in [6.07, 6.45) is 3.61. The van der Waals surface area contributed by atoms with Crippen molar-refractivity contribution in [2.75, 3.05) is 5.33 Å². The average molecular weight is 263 g/mol. The zero-order valence-corrected chi connectivity index (χ0v) is 10.0. The summed E-state index contributed by atoms with van der Waals surface area (Å²) in [5.41, 5.74) is 1.01. The van der Waals surface area contributed by atoms with Gasteiger partial charge in [-0.15, -0.1) is 6.58 Å². The van der Waals surface area contributed by atoms with Gasteiger partial charge in [0.15, 0.2) is 0 Å². The quantitative estimate of drug-likeness (QED) is 0.521. The Hall–Kier alpha value is -0.120. The predicted molar refractivity (Wildman–Crippen MR) is 63.6 cm³/mol. The molecule has 0 saturated carbocycles. The van der Waals surface area contributed by atoms with E-state index < -0.39 is 12.2 Å². The number of halogens is 1. The molecule has 0 aromatic carbocycles. The summed E-state index contributed by atoms with van der Waals surface area (Å²) in [5, 5.41) is 19.3. The van der Waals surface area contributed by atoms with Crippen LogP contribution in [0.15, 0.2) is 24.8 Å². The highest BCUT2D eigenvalue weighted by Crippen LogP contribution is 2.14. The van der Waals surface area contributed by atoms with Crippen LogP contribution in [0, 0.1) is 0 Å². The number of aliphatic hydroxyl groups is 2. The molecule has 0 aromatic heterocycles. The van der Waals surface area contributed by atoms with Gasteiger partial charge in [0.05, 0.1) is 12.2 Å². The molecule has 0 heterocycles. The first-order chi connectivity index (χ1) is 6.60. The van der Waals surface area contributed by atoms with Crippen molar-refractivity contribution in [2.24, 2.45) is 0 Å². The van der Waals surface area contributed by atoms with Crippen LogP contribution in [0.2, 0.25) is 0 Å². The Balaban J connectivity index is 3.64. The maximum Gasteiger partial charge on any atom is 0.0661 e. The molecule has 0 unspecified atom stereocenters. The van der Waals surface area contributed by atoms with Gasteiger partial charge in [-0.1, -0.05) is 34.2 Å². The molecule has 0 amide bonds. The maximum absolute atomic E-state index is 9.55. The van der Waals surface area contributed by atoms with Crippen molar-refractivity contribution in [1.82, 2.24) is 0 Å². The van der Waals surface area contributed by atoms with Crippen molar-refractivity contribution in [3.05, 3.63) is 24.8 Å². The molecule has 82 valence electrons. The lowest BCUT2D eigenvalue weighted by atomic mass is 10.0. The zero-order valence-electron chi connectivity index (χ0n) is 8.45. The summed E-state index contributed by atoms with van der Waals surface area (Å²) in [4.78, 5) is 0. The zero-order chi connectivity index (χ0) is 11.0. The Kier molecular flexibility index (Phi) is 8.14. The van der Waals surface area contributed by atoms with Gasteiger partial charge in [0, 0.05) is 11.8 Å². The summed E-state index contributed by atoms with van der Waals surface area (Å²) in [6.45, 7) is 7.49. The number of hydrogen-bond acceptors (Lipinski definition) is 2. The van der Waals surface area contributed by atoms with Crippen LogP contribution >= 0.6 is 15.9 Å². The molecule has 0 aromatic rings. The minimum atomic E-state index is -0.486. The molecule has 0 bridgehead atoms. The number of allylic oxidation sites excluding steroid dienone is 1. The highest BCUT2D eigenvalue weighted by molar-refractivity contribution is 9.09. The standard InChI is InChI=1S/C11H19BrO2/c1-3-4-5-9(2)6-10(13)7-11(14)8-12/h3,10-11,13-14H,1-2,4-8H2/t10-,11+/m0/s1. The fraction of sp³-hybridized carbons (Fsp3) is 0.636. The Labute approximate surface area is 94.5 Å². The van der Waals surface area contributed by atoms with Gasteiger partial charge >= 0.3 is 0 Å². The fourth-order valence-corrected chi connectivity index (χ4v) is 1.47. The molecule has 3 heteroatoms. The Morgan fingerprint density at radius 2 is 2.00 bits per heavy atom. The van der Waals surface area contributed by atoms with E-state index in [0.717, 1.165) is 18.4 Å². The monoisotopic (exact) mass is 262 g/mol.